The first-order valence-electron chi connectivity index (χ1n) is 3.77. The number of hydrogen-bond acceptors (Lipinski definition) is 5. The largest absolute Gasteiger partial charge is 0.298 e. The molecule has 0 atom stereocenters. The summed E-state index contributed by atoms with van der Waals surface area (Å²) in [5.41, 5.74) is -1.09. The summed E-state index contributed by atoms with van der Waals surface area (Å²) in [5.74, 6) is 0. The highest BCUT2D eigenvalue weighted by Gasteiger charge is 2.20. The number of nitriles is 1. The molecule has 0 bridgehead atoms. The second-order valence-electron chi connectivity index (χ2n) is 2.61. The fourth-order valence-corrected chi connectivity index (χ4v) is 1.14. The van der Waals surface area contributed by atoms with Crippen LogP contribution in [-0.4, -0.2) is 17.5 Å². The Morgan fingerprint density at radius 3 is 2.00 bits per heavy atom. The summed E-state index contributed by atoms with van der Waals surface area (Å²) < 4.78 is 0. The van der Waals surface area contributed by atoms with Crippen LogP contribution in [-0.2, 0) is 0 Å². The number of carbonyl (C=O) groups is 2. The zero-order valence-corrected chi connectivity index (χ0v) is 7.34. The molecule has 0 aliphatic heterocycles. The Bertz CT molecular complexity index is 458. The van der Waals surface area contributed by atoms with Crippen LogP contribution in [0.1, 0.15) is 26.3 Å². The van der Waals surface area contributed by atoms with Crippen LogP contribution in [0.4, 0.5) is 5.69 Å². The second-order valence-corrected chi connectivity index (χ2v) is 2.61. The predicted octanol–water partition coefficient (Wildman–Crippen LogP) is 1.09. The van der Waals surface area contributed by atoms with E-state index in [-0.39, 0.29) is 29.3 Å². The van der Waals surface area contributed by atoms with Gasteiger partial charge < -0.3 is 0 Å². The van der Waals surface area contributed by atoms with Gasteiger partial charge in [0.05, 0.1) is 27.7 Å². The van der Waals surface area contributed by atoms with Gasteiger partial charge in [-0.25, -0.2) is 0 Å². The number of rotatable bonds is 3. The Morgan fingerprint density at radius 2 is 1.73 bits per heavy atom. The lowest BCUT2D eigenvalue weighted by Gasteiger charge is -1.99. The molecular weight excluding hydrogens is 200 g/mol. The lowest BCUT2D eigenvalue weighted by atomic mass is 10.0. The highest BCUT2D eigenvalue weighted by Crippen LogP contribution is 2.22. The van der Waals surface area contributed by atoms with E-state index >= 15 is 0 Å². The van der Waals surface area contributed by atoms with Gasteiger partial charge in [0, 0.05) is 0 Å². The number of hydrogen-bond donors (Lipinski definition) is 0. The van der Waals surface area contributed by atoms with Gasteiger partial charge in [-0.1, -0.05) is 0 Å². The van der Waals surface area contributed by atoms with Crippen LogP contribution in [0.15, 0.2) is 12.1 Å². The highest BCUT2D eigenvalue weighted by molar-refractivity contribution is 5.91. The molecule has 1 aromatic carbocycles. The number of benzene rings is 1. The summed E-state index contributed by atoms with van der Waals surface area (Å²) in [5, 5.41) is 19.1. The number of nitrogens with zero attached hydrogens (tertiary/aromatic N) is 2. The molecule has 0 radical (unpaired) electrons. The normalized spacial score (nSPS) is 9.00. The molecule has 0 aromatic heterocycles. The Balaban J connectivity index is 3.62. The first-order chi connectivity index (χ1) is 7.13. The van der Waals surface area contributed by atoms with Gasteiger partial charge in [0.25, 0.3) is 5.69 Å². The molecule has 6 heteroatoms. The van der Waals surface area contributed by atoms with Crippen LogP contribution in [0.5, 0.6) is 0 Å². The second kappa shape index (κ2) is 4.11. The molecule has 0 aliphatic carbocycles. The van der Waals surface area contributed by atoms with Crippen LogP contribution >= 0.6 is 0 Å². The molecule has 0 N–H and O–H groups in total. The van der Waals surface area contributed by atoms with Crippen molar-refractivity contribution in [1.82, 2.24) is 0 Å². The summed E-state index contributed by atoms with van der Waals surface area (Å²) in [6, 6.07) is 3.84. The average Bonchev–Trinajstić information content (AvgIpc) is 2.26. The molecule has 1 rings (SSSR count). The first-order valence-corrected chi connectivity index (χ1v) is 3.77. The highest BCUT2D eigenvalue weighted by atomic mass is 16.6. The molecule has 0 fully saturated rings. The van der Waals surface area contributed by atoms with Gasteiger partial charge in [-0.05, 0) is 12.1 Å². The van der Waals surface area contributed by atoms with Gasteiger partial charge in [-0.15, -0.1) is 0 Å². The third kappa shape index (κ3) is 1.86. The van der Waals surface area contributed by atoms with E-state index in [4.69, 9.17) is 5.26 Å². The lowest BCUT2D eigenvalue weighted by molar-refractivity contribution is -0.385. The molecule has 0 unspecified atom stereocenters. The van der Waals surface area contributed by atoms with Crippen LogP contribution in [0.3, 0.4) is 0 Å². The van der Waals surface area contributed by atoms with Gasteiger partial charge in [-0.3, -0.25) is 19.7 Å². The molecule has 0 aliphatic rings. The molecule has 0 heterocycles. The molecule has 0 saturated carbocycles. The van der Waals surface area contributed by atoms with Crippen molar-refractivity contribution in [3.63, 3.8) is 0 Å². The molecule has 0 spiro atoms. The molecule has 6 nitrogen and oxygen atoms in total. The van der Waals surface area contributed by atoms with Gasteiger partial charge in [0.1, 0.15) is 0 Å². The van der Waals surface area contributed by atoms with E-state index in [1.807, 2.05) is 0 Å². The Kier molecular flexibility index (Phi) is 2.88. The molecular formula is C9H4N2O4. The zero-order chi connectivity index (χ0) is 11.4. The van der Waals surface area contributed by atoms with Gasteiger partial charge in [-0.2, -0.15) is 5.26 Å². The van der Waals surface area contributed by atoms with E-state index in [0.29, 0.717) is 0 Å². The number of aldehydes is 2. The van der Waals surface area contributed by atoms with E-state index in [1.165, 1.54) is 0 Å². The van der Waals surface area contributed by atoms with Gasteiger partial charge >= 0.3 is 0 Å². The van der Waals surface area contributed by atoms with Crippen LogP contribution in [0, 0.1) is 21.4 Å². The van der Waals surface area contributed by atoms with Crippen molar-refractivity contribution in [2.75, 3.05) is 0 Å². The van der Waals surface area contributed by atoms with E-state index in [2.05, 4.69) is 0 Å². The summed E-state index contributed by atoms with van der Waals surface area (Å²) in [6.45, 7) is 0. The van der Waals surface area contributed by atoms with Gasteiger partial charge in [0.2, 0.25) is 0 Å². The van der Waals surface area contributed by atoms with Crippen molar-refractivity contribution in [1.29, 1.82) is 5.26 Å². The summed E-state index contributed by atoms with van der Waals surface area (Å²) in [6.07, 6.45) is 0.484. The number of nitro groups is 1. The molecule has 15 heavy (non-hydrogen) atoms. The third-order valence-corrected chi connectivity index (χ3v) is 1.73. The monoisotopic (exact) mass is 204 g/mol. The predicted molar refractivity (Wildman–Crippen MR) is 48.6 cm³/mol. The Morgan fingerprint density at radius 1 is 1.27 bits per heavy atom. The zero-order valence-electron chi connectivity index (χ0n) is 7.34. The molecule has 1 aromatic rings. The van der Waals surface area contributed by atoms with Crippen LogP contribution in [0.25, 0.3) is 0 Å². The number of carbonyl (C=O) groups excluding carboxylic acids is 2. The summed E-state index contributed by atoms with van der Waals surface area (Å²) in [7, 11) is 0. The topological polar surface area (TPSA) is 101 Å². The molecule has 0 amide bonds. The minimum Gasteiger partial charge on any atom is -0.298 e. The minimum atomic E-state index is -0.825. The summed E-state index contributed by atoms with van der Waals surface area (Å²) in [4.78, 5) is 30.8. The van der Waals surface area contributed by atoms with E-state index in [9.17, 15) is 19.7 Å². The fraction of sp³-hybridized carbons (Fsp3) is 0. The van der Waals surface area contributed by atoms with Crippen LogP contribution < -0.4 is 0 Å². The SMILES string of the molecule is N#Cc1cc(C=O)c([N+](=O)[O-])c(C=O)c1. The molecule has 74 valence electrons. The van der Waals surface area contributed by atoms with E-state index in [1.54, 1.807) is 6.07 Å². The van der Waals surface area contributed by atoms with Crippen molar-refractivity contribution in [2.24, 2.45) is 0 Å². The Labute approximate surface area is 83.9 Å². The fourth-order valence-electron chi connectivity index (χ4n) is 1.14. The number of nitro benzene ring substituents is 1. The van der Waals surface area contributed by atoms with E-state index < -0.39 is 10.6 Å². The maximum Gasteiger partial charge on any atom is 0.290 e. The Hall–Kier alpha value is -2.55. The van der Waals surface area contributed by atoms with Crippen LogP contribution in [0.2, 0.25) is 0 Å². The molecule has 0 saturated heterocycles. The maximum atomic E-state index is 10.6. The quantitative estimate of drug-likeness (QED) is 0.416. The van der Waals surface area contributed by atoms with Crippen molar-refractivity contribution in [3.05, 3.63) is 38.9 Å². The van der Waals surface area contributed by atoms with Crippen molar-refractivity contribution in [2.45, 2.75) is 0 Å². The third-order valence-electron chi connectivity index (χ3n) is 1.73. The van der Waals surface area contributed by atoms with Gasteiger partial charge in [0.15, 0.2) is 12.6 Å². The van der Waals surface area contributed by atoms with E-state index in [0.717, 1.165) is 12.1 Å². The average molecular weight is 204 g/mol. The van der Waals surface area contributed by atoms with Crippen molar-refractivity contribution in [3.8, 4) is 6.07 Å². The lowest BCUT2D eigenvalue weighted by Crippen LogP contribution is -2.00. The summed E-state index contributed by atoms with van der Waals surface area (Å²) >= 11 is 0. The maximum absolute atomic E-state index is 10.6. The standard InChI is InChI=1S/C9H4N2O4/c10-3-6-1-7(4-12)9(11(14)15)8(2-6)5-13/h1-2,4-5H. The van der Waals surface area contributed by atoms with Crippen molar-refractivity contribution < 1.29 is 14.5 Å². The van der Waals surface area contributed by atoms with Crippen molar-refractivity contribution >= 4 is 18.3 Å². The minimum absolute atomic E-state index is 0.0322. The first kappa shape index (κ1) is 10.5. The smallest absolute Gasteiger partial charge is 0.290 e.